The number of benzene rings is 2. The van der Waals surface area contributed by atoms with E-state index in [9.17, 15) is 9.59 Å². The normalized spacial score (nSPS) is 13.0. The topological polar surface area (TPSA) is 72.8 Å². The standard InChI is InChI=1S/C19H16O5/c20-15(12-14-3-1-2-4-16(14)19(21)22)7-5-13-6-8-17-18(11-13)24-10-9-23-17/h1-8,11H,9-10,12H2,(H,21,22)/b7-5+. The van der Waals surface area contributed by atoms with Crippen LogP contribution in [0.15, 0.2) is 48.5 Å². The number of carboxylic acid groups (broad SMARTS) is 1. The van der Waals surface area contributed by atoms with Gasteiger partial charge in [0.05, 0.1) is 5.56 Å². The van der Waals surface area contributed by atoms with Crippen molar-refractivity contribution in [1.82, 2.24) is 0 Å². The van der Waals surface area contributed by atoms with Crippen LogP contribution in [0.4, 0.5) is 0 Å². The largest absolute Gasteiger partial charge is 0.486 e. The van der Waals surface area contributed by atoms with E-state index in [1.807, 2.05) is 12.1 Å². The van der Waals surface area contributed by atoms with Crippen LogP contribution >= 0.6 is 0 Å². The van der Waals surface area contributed by atoms with Gasteiger partial charge in [-0.3, -0.25) is 4.79 Å². The van der Waals surface area contributed by atoms with E-state index in [-0.39, 0.29) is 17.8 Å². The van der Waals surface area contributed by atoms with E-state index in [0.29, 0.717) is 30.3 Å². The van der Waals surface area contributed by atoms with Crippen LogP contribution in [0.1, 0.15) is 21.5 Å². The lowest BCUT2D eigenvalue weighted by atomic mass is 10.0. The highest BCUT2D eigenvalue weighted by molar-refractivity contribution is 5.97. The third-order valence-corrected chi connectivity index (χ3v) is 3.64. The van der Waals surface area contributed by atoms with Crippen LogP contribution in [0.5, 0.6) is 11.5 Å². The number of ether oxygens (including phenoxy) is 2. The van der Waals surface area contributed by atoms with E-state index in [1.54, 1.807) is 30.3 Å². The van der Waals surface area contributed by atoms with Crippen molar-refractivity contribution < 1.29 is 24.2 Å². The van der Waals surface area contributed by atoms with E-state index >= 15 is 0 Å². The van der Waals surface area contributed by atoms with E-state index in [2.05, 4.69) is 0 Å². The molecule has 0 unspecified atom stereocenters. The molecule has 2 aromatic rings. The van der Waals surface area contributed by atoms with Gasteiger partial charge in [-0.25, -0.2) is 4.79 Å². The van der Waals surface area contributed by atoms with Gasteiger partial charge in [-0.05, 0) is 35.4 Å². The van der Waals surface area contributed by atoms with Crippen molar-refractivity contribution in [2.75, 3.05) is 13.2 Å². The summed E-state index contributed by atoms with van der Waals surface area (Å²) in [7, 11) is 0. The lowest BCUT2D eigenvalue weighted by Crippen LogP contribution is -2.15. The molecule has 0 amide bonds. The summed E-state index contributed by atoms with van der Waals surface area (Å²) < 4.78 is 10.9. The minimum atomic E-state index is -1.03. The molecule has 0 bridgehead atoms. The van der Waals surface area contributed by atoms with Crippen LogP contribution in [-0.4, -0.2) is 30.1 Å². The highest BCUT2D eigenvalue weighted by Gasteiger charge is 2.12. The number of rotatable bonds is 5. The Kier molecular flexibility index (Phi) is 4.61. The van der Waals surface area contributed by atoms with Gasteiger partial charge < -0.3 is 14.6 Å². The van der Waals surface area contributed by atoms with E-state index < -0.39 is 5.97 Å². The van der Waals surface area contributed by atoms with E-state index in [0.717, 1.165) is 5.56 Å². The fourth-order valence-corrected chi connectivity index (χ4v) is 2.48. The zero-order valence-corrected chi connectivity index (χ0v) is 12.9. The van der Waals surface area contributed by atoms with E-state index in [1.165, 1.54) is 12.1 Å². The van der Waals surface area contributed by atoms with Crippen LogP contribution in [0.25, 0.3) is 6.08 Å². The Labute approximate surface area is 139 Å². The second-order valence-corrected chi connectivity index (χ2v) is 5.34. The van der Waals surface area contributed by atoms with Crippen molar-refractivity contribution in [3.63, 3.8) is 0 Å². The molecule has 24 heavy (non-hydrogen) atoms. The number of carboxylic acids is 1. The van der Waals surface area contributed by atoms with Gasteiger partial charge in [-0.15, -0.1) is 0 Å². The predicted molar refractivity (Wildman–Crippen MR) is 88.6 cm³/mol. The molecular formula is C19H16O5. The van der Waals surface area contributed by atoms with Gasteiger partial charge in [0.2, 0.25) is 0 Å². The quantitative estimate of drug-likeness (QED) is 0.856. The van der Waals surface area contributed by atoms with Crippen LogP contribution in [0.2, 0.25) is 0 Å². The fraction of sp³-hybridized carbons (Fsp3) is 0.158. The molecule has 0 spiro atoms. The third kappa shape index (κ3) is 3.63. The molecule has 1 heterocycles. The summed E-state index contributed by atoms with van der Waals surface area (Å²) in [6, 6.07) is 12.0. The van der Waals surface area contributed by atoms with Gasteiger partial charge in [0, 0.05) is 6.42 Å². The van der Waals surface area contributed by atoms with Gasteiger partial charge in [0.15, 0.2) is 17.3 Å². The number of carbonyl (C=O) groups is 2. The van der Waals surface area contributed by atoms with Gasteiger partial charge >= 0.3 is 5.97 Å². The number of allylic oxidation sites excluding steroid dienone is 1. The number of hydrogen-bond acceptors (Lipinski definition) is 4. The van der Waals surface area contributed by atoms with Crippen LogP contribution in [-0.2, 0) is 11.2 Å². The number of aromatic carboxylic acids is 1. The molecule has 0 atom stereocenters. The summed E-state index contributed by atoms with van der Waals surface area (Å²) in [6.07, 6.45) is 3.18. The molecule has 2 aromatic carbocycles. The maximum absolute atomic E-state index is 12.1. The van der Waals surface area contributed by atoms with Gasteiger partial charge in [-0.2, -0.15) is 0 Å². The first-order valence-electron chi connectivity index (χ1n) is 7.55. The zero-order chi connectivity index (χ0) is 16.9. The fourth-order valence-electron chi connectivity index (χ4n) is 2.48. The molecule has 3 rings (SSSR count). The molecule has 122 valence electrons. The highest BCUT2D eigenvalue weighted by Crippen LogP contribution is 2.31. The Morgan fingerprint density at radius 2 is 1.79 bits per heavy atom. The molecule has 1 N–H and O–H groups in total. The molecule has 5 nitrogen and oxygen atoms in total. The summed E-state index contributed by atoms with van der Waals surface area (Å²) >= 11 is 0. The average molecular weight is 324 g/mol. The van der Waals surface area contributed by atoms with Gasteiger partial charge in [0.1, 0.15) is 13.2 Å². The number of carbonyl (C=O) groups excluding carboxylic acids is 1. The maximum Gasteiger partial charge on any atom is 0.335 e. The molecule has 0 saturated carbocycles. The zero-order valence-electron chi connectivity index (χ0n) is 12.9. The minimum absolute atomic E-state index is 0.0452. The Bertz CT molecular complexity index is 807. The summed E-state index contributed by atoms with van der Waals surface area (Å²) in [5, 5.41) is 9.14. The molecule has 0 aliphatic carbocycles. The first-order valence-corrected chi connectivity index (χ1v) is 7.55. The second kappa shape index (κ2) is 7.00. The Hall–Kier alpha value is -3.08. The molecule has 5 heteroatoms. The maximum atomic E-state index is 12.1. The summed E-state index contributed by atoms with van der Waals surface area (Å²) in [5.74, 6) is 0.153. The predicted octanol–water partition coefficient (Wildman–Crippen LogP) is 2.98. The third-order valence-electron chi connectivity index (χ3n) is 3.64. The van der Waals surface area contributed by atoms with Crippen molar-refractivity contribution in [2.24, 2.45) is 0 Å². The first kappa shape index (κ1) is 15.8. The molecule has 1 aliphatic heterocycles. The van der Waals surface area contributed by atoms with Crippen molar-refractivity contribution >= 4 is 17.8 Å². The van der Waals surface area contributed by atoms with Gasteiger partial charge in [-0.1, -0.05) is 30.3 Å². The molecule has 0 saturated heterocycles. The lowest BCUT2D eigenvalue weighted by Gasteiger charge is -2.18. The van der Waals surface area contributed by atoms with Crippen LogP contribution < -0.4 is 9.47 Å². The average Bonchev–Trinajstić information content (AvgIpc) is 2.60. The van der Waals surface area contributed by atoms with Crippen molar-refractivity contribution in [2.45, 2.75) is 6.42 Å². The van der Waals surface area contributed by atoms with E-state index in [4.69, 9.17) is 14.6 Å². The summed E-state index contributed by atoms with van der Waals surface area (Å²) in [6.45, 7) is 1.04. The molecule has 0 radical (unpaired) electrons. The first-order chi connectivity index (χ1) is 11.6. The smallest absolute Gasteiger partial charge is 0.335 e. The molecule has 1 aliphatic rings. The Morgan fingerprint density at radius 3 is 2.58 bits per heavy atom. The molecule has 0 fully saturated rings. The highest BCUT2D eigenvalue weighted by atomic mass is 16.6. The number of ketones is 1. The van der Waals surface area contributed by atoms with Crippen LogP contribution in [0, 0.1) is 0 Å². The van der Waals surface area contributed by atoms with Crippen molar-refractivity contribution in [1.29, 1.82) is 0 Å². The Morgan fingerprint density at radius 1 is 1.04 bits per heavy atom. The Balaban J connectivity index is 1.71. The minimum Gasteiger partial charge on any atom is -0.486 e. The summed E-state index contributed by atoms with van der Waals surface area (Å²) in [4.78, 5) is 23.3. The van der Waals surface area contributed by atoms with Crippen molar-refractivity contribution in [3.8, 4) is 11.5 Å². The molecule has 0 aromatic heterocycles. The number of hydrogen-bond donors (Lipinski definition) is 1. The number of fused-ring (bicyclic) bond motifs is 1. The second-order valence-electron chi connectivity index (χ2n) is 5.34. The lowest BCUT2D eigenvalue weighted by molar-refractivity contribution is -0.113. The van der Waals surface area contributed by atoms with Gasteiger partial charge in [0.25, 0.3) is 0 Å². The SMILES string of the molecule is O=C(/C=C/c1ccc2c(c1)OCCO2)Cc1ccccc1C(=O)O. The van der Waals surface area contributed by atoms with Crippen molar-refractivity contribution in [3.05, 3.63) is 65.2 Å². The monoisotopic (exact) mass is 324 g/mol. The summed E-state index contributed by atoms with van der Waals surface area (Å²) in [5.41, 5.74) is 1.47. The van der Waals surface area contributed by atoms with Crippen LogP contribution in [0.3, 0.4) is 0 Å². The molecular weight excluding hydrogens is 308 g/mol.